The van der Waals surface area contributed by atoms with Gasteiger partial charge in [0.15, 0.2) is 0 Å². The van der Waals surface area contributed by atoms with Crippen molar-refractivity contribution < 1.29 is 19.6 Å². The van der Waals surface area contributed by atoms with Gasteiger partial charge < -0.3 is 15.7 Å². The van der Waals surface area contributed by atoms with Gasteiger partial charge in [-0.05, 0) is 32.4 Å². The Balaban J connectivity index is 2.57. The number of rotatable bonds is 6. The summed E-state index contributed by atoms with van der Waals surface area (Å²) in [5.41, 5.74) is 0.855. The van der Waals surface area contributed by atoms with Gasteiger partial charge >= 0.3 is 12.0 Å². The van der Waals surface area contributed by atoms with E-state index in [1.54, 1.807) is 13.8 Å². The Bertz CT molecular complexity index is 559. The van der Waals surface area contributed by atoms with Crippen molar-refractivity contribution in [1.29, 1.82) is 0 Å². The highest BCUT2D eigenvalue weighted by atomic mass is 16.6. The molecule has 0 saturated heterocycles. The number of urea groups is 1. The maximum absolute atomic E-state index is 11.7. The predicted molar refractivity (Wildman–Crippen MR) is 76.3 cm³/mol. The number of nitro benzene ring substituents is 1. The SMILES string of the molecule is Cc1cc(NC(=O)NC(C)CCC(=O)O)ccc1[N+](=O)[O-]. The molecule has 0 saturated carbocycles. The average Bonchev–Trinajstić information content (AvgIpc) is 2.35. The molecular formula is C13H17N3O5. The predicted octanol–water partition coefficient (Wildman–Crippen LogP) is 2.28. The van der Waals surface area contributed by atoms with E-state index in [0.29, 0.717) is 17.7 Å². The molecule has 0 heterocycles. The third kappa shape index (κ3) is 5.47. The molecule has 8 heteroatoms. The number of carbonyl (C=O) groups is 2. The number of carboxylic acid groups (broad SMARTS) is 1. The molecule has 0 aliphatic carbocycles. The molecule has 0 aliphatic rings. The lowest BCUT2D eigenvalue weighted by atomic mass is 10.2. The lowest BCUT2D eigenvalue weighted by molar-refractivity contribution is -0.385. The van der Waals surface area contributed by atoms with Crippen LogP contribution in [0.3, 0.4) is 0 Å². The fourth-order valence-electron chi connectivity index (χ4n) is 1.74. The Kier molecular flexibility index (Phi) is 5.65. The lowest BCUT2D eigenvalue weighted by Crippen LogP contribution is -2.36. The summed E-state index contributed by atoms with van der Waals surface area (Å²) < 4.78 is 0. The summed E-state index contributed by atoms with van der Waals surface area (Å²) >= 11 is 0. The van der Waals surface area contributed by atoms with Gasteiger partial charge in [0.1, 0.15) is 0 Å². The highest BCUT2D eigenvalue weighted by molar-refractivity contribution is 5.89. The van der Waals surface area contributed by atoms with Crippen molar-refractivity contribution in [2.24, 2.45) is 0 Å². The number of anilines is 1. The second-order valence-electron chi connectivity index (χ2n) is 4.69. The molecule has 3 N–H and O–H groups in total. The lowest BCUT2D eigenvalue weighted by Gasteiger charge is -2.13. The highest BCUT2D eigenvalue weighted by Gasteiger charge is 2.12. The number of amides is 2. The molecule has 1 aromatic carbocycles. The first-order chi connectivity index (χ1) is 9.79. The molecule has 1 rings (SSSR count). The zero-order chi connectivity index (χ0) is 16.0. The van der Waals surface area contributed by atoms with Gasteiger partial charge in [0.25, 0.3) is 5.69 Å². The third-order valence-corrected chi connectivity index (χ3v) is 2.82. The molecule has 1 aromatic rings. The number of nitro groups is 1. The van der Waals surface area contributed by atoms with Crippen molar-refractivity contribution in [1.82, 2.24) is 5.32 Å². The van der Waals surface area contributed by atoms with Gasteiger partial charge in [-0.2, -0.15) is 0 Å². The number of carbonyl (C=O) groups excluding carboxylic acids is 1. The van der Waals surface area contributed by atoms with Crippen LogP contribution >= 0.6 is 0 Å². The largest absolute Gasteiger partial charge is 0.481 e. The summed E-state index contributed by atoms with van der Waals surface area (Å²) in [5, 5.41) is 24.4. The summed E-state index contributed by atoms with van der Waals surface area (Å²) in [6.45, 7) is 3.28. The van der Waals surface area contributed by atoms with Crippen molar-refractivity contribution in [3.63, 3.8) is 0 Å². The van der Waals surface area contributed by atoms with Crippen LogP contribution in [0.1, 0.15) is 25.3 Å². The zero-order valence-corrected chi connectivity index (χ0v) is 11.8. The third-order valence-electron chi connectivity index (χ3n) is 2.82. The number of hydrogen-bond donors (Lipinski definition) is 3. The molecule has 1 atom stereocenters. The standard InChI is InChI=1S/C13H17N3O5/c1-8-7-10(4-5-11(8)16(20)21)15-13(19)14-9(2)3-6-12(17)18/h4-5,7,9H,3,6H2,1-2H3,(H,17,18)(H2,14,15,19). The molecule has 2 amide bonds. The topological polar surface area (TPSA) is 122 Å². The van der Waals surface area contributed by atoms with Crippen molar-refractivity contribution in [2.45, 2.75) is 32.7 Å². The van der Waals surface area contributed by atoms with Gasteiger partial charge in [0.2, 0.25) is 0 Å². The number of carboxylic acids is 1. The van der Waals surface area contributed by atoms with Crippen LogP contribution < -0.4 is 10.6 Å². The maximum Gasteiger partial charge on any atom is 0.319 e. The minimum Gasteiger partial charge on any atom is -0.481 e. The van der Waals surface area contributed by atoms with Crippen molar-refractivity contribution in [2.75, 3.05) is 5.32 Å². The number of hydrogen-bond acceptors (Lipinski definition) is 4. The van der Waals surface area contributed by atoms with Crippen LogP contribution in [0, 0.1) is 17.0 Å². The van der Waals surface area contributed by atoms with Gasteiger partial charge in [0, 0.05) is 29.8 Å². The van der Waals surface area contributed by atoms with E-state index in [2.05, 4.69) is 10.6 Å². The monoisotopic (exact) mass is 295 g/mol. The Morgan fingerprint density at radius 1 is 1.43 bits per heavy atom. The summed E-state index contributed by atoms with van der Waals surface area (Å²) in [6, 6.07) is 3.48. The molecule has 0 aliphatic heterocycles. The van der Waals surface area contributed by atoms with Crippen LogP contribution in [0.2, 0.25) is 0 Å². The molecular weight excluding hydrogens is 278 g/mol. The second kappa shape index (κ2) is 7.22. The Labute approximate surface area is 121 Å². The molecule has 0 bridgehead atoms. The fraction of sp³-hybridized carbons (Fsp3) is 0.385. The number of nitrogens with zero attached hydrogens (tertiary/aromatic N) is 1. The molecule has 0 fully saturated rings. The molecule has 0 aromatic heterocycles. The van der Waals surface area contributed by atoms with Gasteiger partial charge in [0.05, 0.1) is 4.92 Å². The van der Waals surface area contributed by atoms with Crippen LogP contribution in [0.25, 0.3) is 0 Å². The quantitative estimate of drug-likeness (QED) is 0.549. The van der Waals surface area contributed by atoms with Crippen LogP contribution in [-0.2, 0) is 4.79 Å². The number of aryl methyl sites for hydroxylation is 1. The first kappa shape index (κ1) is 16.4. The van der Waals surface area contributed by atoms with E-state index >= 15 is 0 Å². The number of nitrogens with one attached hydrogen (secondary N) is 2. The van der Waals surface area contributed by atoms with E-state index < -0.39 is 16.9 Å². The smallest absolute Gasteiger partial charge is 0.319 e. The second-order valence-corrected chi connectivity index (χ2v) is 4.69. The minimum absolute atomic E-state index is 0.0178. The van der Waals surface area contributed by atoms with E-state index in [1.807, 2.05) is 0 Å². The molecule has 1 unspecified atom stereocenters. The van der Waals surface area contributed by atoms with Gasteiger partial charge in [-0.25, -0.2) is 4.79 Å². The molecule has 21 heavy (non-hydrogen) atoms. The van der Waals surface area contributed by atoms with E-state index in [4.69, 9.17) is 5.11 Å². The molecule has 0 spiro atoms. The first-order valence-corrected chi connectivity index (χ1v) is 6.34. The summed E-state index contributed by atoms with van der Waals surface area (Å²) in [4.78, 5) is 32.3. The van der Waals surface area contributed by atoms with Crippen LogP contribution in [0.4, 0.5) is 16.2 Å². The van der Waals surface area contributed by atoms with Gasteiger partial charge in [-0.15, -0.1) is 0 Å². The van der Waals surface area contributed by atoms with Crippen LogP contribution in [0.15, 0.2) is 18.2 Å². The Hall–Kier alpha value is -2.64. The first-order valence-electron chi connectivity index (χ1n) is 6.34. The van der Waals surface area contributed by atoms with Crippen LogP contribution in [-0.4, -0.2) is 28.1 Å². The molecule has 8 nitrogen and oxygen atoms in total. The zero-order valence-electron chi connectivity index (χ0n) is 11.8. The van der Waals surface area contributed by atoms with E-state index in [0.717, 1.165) is 0 Å². The van der Waals surface area contributed by atoms with Gasteiger partial charge in [-0.1, -0.05) is 0 Å². The molecule has 0 radical (unpaired) electrons. The van der Waals surface area contributed by atoms with E-state index in [9.17, 15) is 19.7 Å². The Morgan fingerprint density at radius 2 is 2.10 bits per heavy atom. The van der Waals surface area contributed by atoms with Crippen LogP contribution in [0.5, 0.6) is 0 Å². The van der Waals surface area contributed by atoms with Crippen molar-refractivity contribution in [3.8, 4) is 0 Å². The van der Waals surface area contributed by atoms with Crippen molar-refractivity contribution in [3.05, 3.63) is 33.9 Å². The summed E-state index contributed by atoms with van der Waals surface area (Å²) in [6.07, 6.45) is 0.292. The van der Waals surface area contributed by atoms with Gasteiger partial charge in [-0.3, -0.25) is 14.9 Å². The summed E-state index contributed by atoms with van der Waals surface area (Å²) in [7, 11) is 0. The normalized spacial score (nSPS) is 11.5. The van der Waals surface area contributed by atoms with E-state index in [1.165, 1.54) is 18.2 Å². The molecule has 114 valence electrons. The van der Waals surface area contributed by atoms with Crippen molar-refractivity contribution >= 4 is 23.4 Å². The minimum atomic E-state index is -0.921. The average molecular weight is 295 g/mol. The fourth-order valence-corrected chi connectivity index (χ4v) is 1.74. The van der Waals surface area contributed by atoms with E-state index in [-0.39, 0.29) is 18.2 Å². The maximum atomic E-state index is 11.7. The number of aliphatic carboxylic acids is 1. The Morgan fingerprint density at radius 3 is 2.62 bits per heavy atom. The number of benzene rings is 1. The summed E-state index contributed by atoms with van der Waals surface area (Å²) in [5.74, 6) is -0.921. The highest BCUT2D eigenvalue weighted by Crippen LogP contribution is 2.21.